The number of hydrogen-bond donors (Lipinski definition) is 1. The number of ether oxygens (including phenoxy) is 1. The quantitative estimate of drug-likeness (QED) is 0.244. The van der Waals surface area contributed by atoms with Crippen LogP contribution in [0.15, 0.2) is 140 Å². The Balaban J connectivity index is 1.47. The van der Waals surface area contributed by atoms with E-state index in [0.29, 0.717) is 0 Å². The summed E-state index contributed by atoms with van der Waals surface area (Å²) in [6.07, 6.45) is 0.983. The topological polar surface area (TPSA) is 29.5 Å². The standard InChI is InChI=1S/C34H28O2/c1-36-24-33(29-20-16-27(17-21-29)25-10-4-2-5-11-25)31-14-8-9-15-32(31)34(35)30-22-18-28(19-23-30)26-12-6-3-7-13-26/h2-24,34-35H,1H3/b33-24-. The molecule has 0 amide bonds. The van der Waals surface area contributed by atoms with E-state index in [4.69, 9.17) is 4.74 Å². The number of aliphatic hydroxyl groups is 1. The largest absolute Gasteiger partial charge is 0.504 e. The Morgan fingerprint density at radius 1 is 0.583 bits per heavy atom. The Morgan fingerprint density at radius 3 is 1.61 bits per heavy atom. The second-order valence-electron chi connectivity index (χ2n) is 8.69. The smallest absolute Gasteiger partial charge is 0.105 e. The first-order chi connectivity index (χ1) is 17.7. The predicted octanol–water partition coefficient (Wildman–Crippen LogP) is 8.14. The zero-order valence-electron chi connectivity index (χ0n) is 20.2. The van der Waals surface area contributed by atoms with Gasteiger partial charge in [0, 0.05) is 5.57 Å². The molecule has 36 heavy (non-hydrogen) atoms. The van der Waals surface area contributed by atoms with E-state index in [1.165, 1.54) is 5.56 Å². The van der Waals surface area contributed by atoms with Gasteiger partial charge in [-0.1, -0.05) is 133 Å². The van der Waals surface area contributed by atoms with E-state index in [1.54, 1.807) is 13.4 Å². The van der Waals surface area contributed by atoms with Gasteiger partial charge in [-0.15, -0.1) is 0 Å². The monoisotopic (exact) mass is 468 g/mol. The molecule has 1 atom stereocenters. The molecular weight excluding hydrogens is 440 g/mol. The average molecular weight is 469 g/mol. The molecule has 2 nitrogen and oxygen atoms in total. The van der Waals surface area contributed by atoms with Gasteiger partial charge >= 0.3 is 0 Å². The van der Waals surface area contributed by atoms with Crippen molar-refractivity contribution in [3.05, 3.63) is 162 Å². The number of hydrogen-bond acceptors (Lipinski definition) is 2. The highest BCUT2D eigenvalue weighted by molar-refractivity contribution is 5.82. The molecule has 0 radical (unpaired) electrons. The minimum atomic E-state index is -0.769. The molecule has 1 N–H and O–H groups in total. The molecule has 0 heterocycles. The summed E-state index contributed by atoms with van der Waals surface area (Å²) in [4.78, 5) is 0. The maximum absolute atomic E-state index is 11.4. The van der Waals surface area contributed by atoms with Gasteiger partial charge in [0.05, 0.1) is 13.4 Å². The molecule has 0 bridgehead atoms. The van der Waals surface area contributed by atoms with Crippen molar-refractivity contribution in [2.24, 2.45) is 0 Å². The zero-order valence-corrected chi connectivity index (χ0v) is 20.2. The lowest BCUT2D eigenvalue weighted by atomic mass is 9.89. The van der Waals surface area contributed by atoms with Gasteiger partial charge in [-0.05, 0) is 44.5 Å². The maximum atomic E-state index is 11.4. The van der Waals surface area contributed by atoms with Crippen LogP contribution in [0.4, 0.5) is 0 Å². The summed E-state index contributed by atoms with van der Waals surface area (Å²) in [5, 5.41) is 11.4. The van der Waals surface area contributed by atoms with Crippen LogP contribution in [0.1, 0.15) is 28.4 Å². The van der Waals surface area contributed by atoms with E-state index < -0.39 is 6.10 Å². The third-order valence-corrected chi connectivity index (χ3v) is 6.42. The van der Waals surface area contributed by atoms with E-state index in [0.717, 1.165) is 44.5 Å². The lowest BCUT2D eigenvalue weighted by Crippen LogP contribution is -2.04. The van der Waals surface area contributed by atoms with Crippen molar-refractivity contribution in [3.63, 3.8) is 0 Å². The predicted molar refractivity (Wildman–Crippen MR) is 148 cm³/mol. The molecule has 0 spiro atoms. The van der Waals surface area contributed by atoms with Crippen LogP contribution >= 0.6 is 0 Å². The molecular formula is C34H28O2. The van der Waals surface area contributed by atoms with E-state index in [2.05, 4.69) is 60.7 Å². The van der Waals surface area contributed by atoms with Gasteiger partial charge in [0.1, 0.15) is 6.10 Å². The lowest BCUT2D eigenvalue weighted by Gasteiger charge is -2.19. The molecule has 5 rings (SSSR count). The Morgan fingerprint density at radius 2 is 1.06 bits per heavy atom. The Labute approximate surface area is 212 Å². The van der Waals surface area contributed by atoms with Crippen molar-refractivity contribution >= 4 is 5.57 Å². The fraction of sp³-hybridized carbons (Fsp3) is 0.0588. The Bertz CT molecular complexity index is 1440. The summed E-state index contributed by atoms with van der Waals surface area (Å²) >= 11 is 0. The molecule has 1 unspecified atom stereocenters. The third kappa shape index (κ3) is 5.00. The van der Waals surface area contributed by atoms with Gasteiger partial charge in [-0.2, -0.15) is 0 Å². The van der Waals surface area contributed by atoms with E-state index in [9.17, 15) is 5.11 Å². The summed E-state index contributed by atoms with van der Waals surface area (Å²) in [5.74, 6) is 0. The lowest BCUT2D eigenvalue weighted by molar-refractivity contribution is 0.220. The van der Waals surface area contributed by atoms with Crippen molar-refractivity contribution in [2.75, 3.05) is 7.11 Å². The summed E-state index contributed by atoms with van der Waals surface area (Å²) < 4.78 is 5.49. The summed E-state index contributed by atoms with van der Waals surface area (Å²) in [6.45, 7) is 0. The van der Waals surface area contributed by atoms with Gasteiger partial charge in [-0.3, -0.25) is 0 Å². The third-order valence-electron chi connectivity index (χ3n) is 6.42. The fourth-order valence-electron chi connectivity index (χ4n) is 4.53. The minimum absolute atomic E-state index is 0.769. The molecule has 5 aromatic carbocycles. The SMILES string of the molecule is CO/C=C(/c1ccc(-c2ccccc2)cc1)c1ccccc1C(O)c1ccc(-c2ccccc2)cc1. The Hall–Kier alpha value is -4.40. The maximum Gasteiger partial charge on any atom is 0.105 e. The second-order valence-corrected chi connectivity index (χ2v) is 8.69. The van der Waals surface area contributed by atoms with Crippen LogP contribution in [0.2, 0.25) is 0 Å². The van der Waals surface area contributed by atoms with Crippen molar-refractivity contribution in [3.8, 4) is 22.3 Å². The summed E-state index contributed by atoms with van der Waals surface area (Å²) in [5.41, 5.74) is 9.17. The highest BCUT2D eigenvalue weighted by Crippen LogP contribution is 2.34. The van der Waals surface area contributed by atoms with Gasteiger partial charge in [-0.25, -0.2) is 0 Å². The van der Waals surface area contributed by atoms with Crippen LogP contribution in [0.3, 0.4) is 0 Å². The van der Waals surface area contributed by atoms with Crippen LogP contribution < -0.4 is 0 Å². The summed E-state index contributed by atoms with van der Waals surface area (Å²) in [6, 6.07) is 45.1. The van der Waals surface area contributed by atoms with Crippen molar-refractivity contribution in [1.29, 1.82) is 0 Å². The van der Waals surface area contributed by atoms with Crippen LogP contribution in [0.25, 0.3) is 27.8 Å². The molecule has 2 heteroatoms. The molecule has 0 aliphatic rings. The molecule has 0 saturated heterocycles. The summed E-state index contributed by atoms with van der Waals surface area (Å²) in [7, 11) is 1.65. The van der Waals surface area contributed by atoms with Crippen LogP contribution in [0.5, 0.6) is 0 Å². The van der Waals surface area contributed by atoms with Crippen molar-refractivity contribution in [2.45, 2.75) is 6.10 Å². The average Bonchev–Trinajstić information content (AvgIpc) is 2.97. The minimum Gasteiger partial charge on any atom is -0.504 e. The van der Waals surface area contributed by atoms with E-state index >= 15 is 0 Å². The van der Waals surface area contributed by atoms with Gasteiger partial charge in [0.25, 0.3) is 0 Å². The normalized spacial score (nSPS) is 12.2. The van der Waals surface area contributed by atoms with Gasteiger partial charge < -0.3 is 9.84 Å². The Kier molecular flexibility index (Phi) is 7.07. The number of methoxy groups -OCH3 is 1. The fourth-order valence-corrected chi connectivity index (χ4v) is 4.53. The van der Waals surface area contributed by atoms with Crippen LogP contribution in [-0.4, -0.2) is 12.2 Å². The molecule has 0 aliphatic heterocycles. The number of benzene rings is 5. The van der Waals surface area contributed by atoms with Crippen molar-refractivity contribution in [1.82, 2.24) is 0 Å². The highest BCUT2D eigenvalue weighted by atomic mass is 16.5. The number of rotatable bonds is 7. The molecule has 0 fully saturated rings. The molecule has 0 saturated carbocycles. The first kappa shape index (κ1) is 23.3. The van der Waals surface area contributed by atoms with Crippen LogP contribution in [-0.2, 0) is 4.74 Å². The van der Waals surface area contributed by atoms with E-state index in [-0.39, 0.29) is 0 Å². The first-order valence-electron chi connectivity index (χ1n) is 12.1. The molecule has 5 aromatic rings. The number of aliphatic hydroxyl groups excluding tert-OH is 1. The second kappa shape index (κ2) is 10.9. The van der Waals surface area contributed by atoms with Gasteiger partial charge in [0.2, 0.25) is 0 Å². The molecule has 0 aliphatic carbocycles. The zero-order chi connectivity index (χ0) is 24.7. The van der Waals surface area contributed by atoms with E-state index in [1.807, 2.05) is 72.8 Å². The highest BCUT2D eigenvalue weighted by Gasteiger charge is 2.18. The molecule has 176 valence electrons. The first-order valence-corrected chi connectivity index (χ1v) is 12.1. The molecule has 0 aromatic heterocycles. The van der Waals surface area contributed by atoms with Crippen LogP contribution in [0, 0.1) is 0 Å². The van der Waals surface area contributed by atoms with Crippen molar-refractivity contribution < 1.29 is 9.84 Å². The van der Waals surface area contributed by atoms with Gasteiger partial charge in [0.15, 0.2) is 0 Å².